The SMILES string of the molecule is CCC(=O)c1ccc(OC(=O)Cl)c(F)c1. The summed E-state index contributed by atoms with van der Waals surface area (Å²) in [6.45, 7) is 1.67. The molecule has 0 aromatic heterocycles. The van der Waals surface area contributed by atoms with Crippen molar-refractivity contribution in [2.75, 3.05) is 0 Å². The molecule has 0 fully saturated rings. The fourth-order valence-corrected chi connectivity index (χ4v) is 1.13. The Morgan fingerprint density at radius 1 is 1.47 bits per heavy atom. The van der Waals surface area contributed by atoms with Crippen LogP contribution >= 0.6 is 11.6 Å². The van der Waals surface area contributed by atoms with E-state index in [1.807, 2.05) is 0 Å². The molecule has 0 saturated carbocycles. The lowest BCUT2D eigenvalue weighted by Gasteiger charge is -2.03. The van der Waals surface area contributed by atoms with Crippen molar-refractivity contribution < 1.29 is 18.7 Å². The monoisotopic (exact) mass is 230 g/mol. The third kappa shape index (κ3) is 3.02. The zero-order valence-electron chi connectivity index (χ0n) is 7.92. The normalized spacial score (nSPS) is 9.80. The van der Waals surface area contributed by atoms with Crippen LogP contribution in [0.25, 0.3) is 0 Å². The topological polar surface area (TPSA) is 43.4 Å². The summed E-state index contributed by atoms with van der Waals surface area (Å²) in [7, 11) is 0. The molecular weight excluding hydrogens is 223 g/mol. The largest absolute Gasteiger partial charge is 0.411 e. The molecule has 1 aromatic rings. The van der Waals surface area contributed by atoms with E-state index in [1.54, 1.807) is 6.92 Å². The lowest BCUT2D eigenvalue weighted by molar-refractivity contribution is 0.0987. The first-order valence-electron chi connectivity index (χ1n) is 4.24. The number of Topliss-reactive ketones (excluding diaryl/α,β-unsaturated/α-hetero) is 1. The van der Waals surface area contributed by atoms with E-state index in [-0.39, 0.29) is 23.5 Å². The Kier molecular flexibility index (Phi) is 3.80. The molecule has 0 aliphatic heterocycles. The molecule has 0 aliphatic rings. The molecule has 15 heavy (non-hydrogen) atoms. The van der Waals surface area contributed by atoms with Crippen LogP contribution in [0.1, 0.15) is 23.7 Å². The summed E-state index contributed by atoms with van der Waals surface area (Å²) in [5, 5.41) is 0. The summed E-state index contributed by atoms with van der Waals surface area (Å²) in [4.78, 5) is 21.5. The van der Waals surface area contributed by atoms with Gasteiger partial charge in [-0.25, -0.2) is 9.18 Å². The fourth-order valence-electron chi connectivity index (χ4n) is 1.05. The Balaban J connectivity index is 2.97. The van der Waals surface area contributed by atoms with Crippen LogP contribution in [-0.4, -0.2) is 11.2 Å². The minimum absolute atomic E-state index is 0.183. The lowest BCUT2D eigenvalue weighted by Crippen LogP contribution is -2.01. The predicted molar refractivity (Wildman–Crippen MR) is 52.9 cm³/mol. The lowest BCUT2D eigenvalue weighted by atomic mass is 10.1. The summed E-state index contributed by atoms with van der Waals surface area (Å²) in [5.74, 6) is -1.26. The number of carbonyl (C=O) groups is 2. The first-order valence-corrected chi connectivity index (χ1v) is 4.62. The van der Waals surface area contributed by atoms with E-state index in [0.717, 1.165) is 6.07 Å². The van der Waals surface area contributed by atoms with Gasteiger partial charge in [-0.3, -0.25) is 4.79 Å². The van der Waals surface area contributed by atoms with Crippen molar-refractivity contribution in [2.24, 2.45) is 0 Å². The van der Waals surface area contributed by atoms with Gasteiger partial charge in [-0.15, -0.1) is 0 Å². The van der Waals surface area contributed by atoms with E-state index in [0.29, 0.717) is 0 Å². The molecule has 5 heteroatoms. The highest BCUT2D eigenvalue weighted by Gasteiger charge is 2.10. The highest BCUT2D eigenvalue weighted by molar-refractivity contribution is 6.61. The maximum atomic E-state index is 13.2. The van der Waals surface area contributed by atoms with Crippen molar-refractivity contribution in [2.45, 2.75) is 13.3 Å². The smallest absolute Gasteiger partial charge is 0.409 e. The van der Waals surface area contributed by atoms with Gasteiger partial charge in [0.15, 0.2) is 17.3 Å². The number of halogens is 2. The van der Waals surface area contributed by atoms with Crippen molar-refractivity contribution in [3.63, 3.8) is 0 Å². The van der Waals surface area contributed by atoms with Crippen LogP contribution in [0.3, 0.4) is 0 Å². The molecule has 0 saturated heterocycles. The molecular formula is C10H8ClFO3. The molecule has 0 heterocycles. The first kappa shape index (κ1) is 11.7. The summed E-state index contributed by atoms with van der Waals surface area (Å²) in [6, 6.07) is 3.59. The van der Waals surface area contributed by atoms with Gasteiger partial charge in [-0.05, 0) is 18.2 Å². The van der Waals surface area contributed by atoms with Gasteiger partial charge in [0.1, 0.15) is 0 Å². The van der Waals surface area contributed by atoms with Crippen molar-refractivity contribution >= 4 is 22.8 Å². The Morgan fingerprint density at radius 2 is 2.13 bits per heavy atom. The molecule has 0 radical (unpaired) electrons. The van der Waals surface area contributed by atoms with Crippen LogP contribution in [0.5, 0.6) is 5.75 Å². The molecule has 0 amide bonds. The Bertz CT molecular complexity index is 404. The molecule has 0 unspecified atom stereocenters. The number of hydrogen-bond donors (Lipinski definition) is 0. The Morgan fingerprint density at radius 3 is 2.60 bits per heavy atom. The van der Waals surface area contributed by atoms with Gasteiger partial charge in [0.2, 0.25) is 0 Å². The van der Waals surface area contributed by atoms with E-state index in [1.165, 1.54) is 12.1 Å². The van der Waals surface area contributed by atoms with E-state index in [2.05, 4.69) is 4.74 Å². The zero-order chi connectivity index (χ0) is 11.4. The maximum absolute atomic E-state index is 13.2. The van der Waals surface area contributed by atoms with Crippen LogP contribution in [0, 0.1) is 5.82 Å². The van der Waals surface area contributed by atoms with E-state index in [4.69, 9.17) is 11.6 Å². The molecule has 0 bridgehead atoms. The quantitative estimate of drug-likeness (QED) is 0.592. The average Bonchev–Trinajstić information content (AvgIpc) is 2.19. The zero-order valence-corrected chi connectivity index (χ0v) is 8.68. The number of ketones is 1. The third-order valence-electron chi connectivity index (χ3n) is 1.77. The van der Waals surface area contributed by atoms with Gasteiger partial charge in [0.05, 0.1) is 0 Å². The molecule has 3 nitrogen and oxygen atoms in total. The van der Waals surface area contributed by atoms with Crippen molar-refractivity contribution in [3.05, 3.63) is 29.6 Å². The van der Waals surface area contributed by atoms with Crippen LogP contribution in [0.4, 0.5) is 9.18 Å². The van der Waals surface area contributed by atoms with E-state index < -0.39 is 11.2 Å². The first-order chi connectivity index (χ1) is 7.04. The van der Waals surface area contributed by atoms with Crippen molar-refractivity contribution in [1.29, 1.82) is 0 Å². The van der Waals surface area contributed by atoms with E-state index in [9.17, 15) is 14.0 Å². The van der Waals surface area contributed by atoms with Gasteiger partial charge in [0, 0.05) is 23.6 Å². The number of benzene rings is 1. The number of rotatable bonds is 3. The third-order valence-corrected chi connectivity index (χ3v) is 1.84. The number of hydrogen-bond acceptors (Lipinski definition) is 3. The highest BCUT2D eigenvalue weighted by Crippen LogP contribution is 2.19. The molecule has 0 spiro atoms. The van der Waals surface area contributed by atoms with Gasteiger partial charge >= 0.3 is 5.43 Å². The molecule has 1 rings (SSSR count). The molecule has 0 atom stereocenters. The van der Waals surface area contributed by atoms with Crippen molar-refractivity contribution in [1.82, 2.24) is 0 Å². The van der Waals surface area contributed by atoms with E-state index >= 15 is 0 Å². The standard InChI is InChI=1S/C10H8ClFO3/c1-2-8(13)6-3-4-9(7(12)5-6)15-10(11)14/h3-5H,2H2,1H3. The molecule has 0 N–H and O–H groups in total. The van der Waals surface area contributed by atoms with Crippen LogP contribution < -0.4 is 4.74 Å². The summed E-state index contributed by atoms with van der Waals surface area (Å²) in [5.41, 5.74) is -0.882. The number of ether oxygens (including phenoxy) is 1. The molecule has 1 aromatic carbocycles. The summed E-state index contributed by atoms with van der Waals surface area (Å²) in [6.07, 6.45) is 0.286. The van der Waals surface area contributed by atoms with Crippen LogP contribution in [0.15, 0.2) is 18.2 Å². The fraction of sp³-hybridized carbons (Fsp3) is 0.200. The molecule has 80 valence electrons. The van der Waals surface area contributed by atoms with Crippen molar-refractivity contribution in [3.8, 4) is 5.75 Å². The van der Waals surface area contributed by atoms with Gasteiger partial charge in [-0.2, -0.15) is 0 Å². The van der Waals surface area contributed by atoms with Crippen LogP contribution in [0.2, 0.25) is 0 Å². The average molecular weight is 231 g/mol. The Hall–Kier alpha value is -1.42. The minimum atomic E-state index is -1.12. The second kappa shape index (κ2) is 4.89. The van der Waals surface area contributed by atoms with Crippen LogP contribution in [-0.2, 0) is 0 Å². The molecule has 0 aliphatic carbocycles. The second-order valence-electron chi connectivity index (χ2n) is 2.76. The number of carbonyl (C=O) groups excluding carboxylic acids is 2. The highest BCUT2D eigenvalue weighted by atomic mass is 35.5. The minimum Gasteiger partial charge on any atom is -0.411 e. The summed E-state index contributed by atoms with van der Waals surface area (Å²) >= 11 is 4.92. The Labute approximate surface area is 90.8 Å². The van der Waals surface area contributed by atoms with Gasteiger partial charge < -0.3 is 4.74 Å². The van der Waals surface area contributed by atoms with Gasteiger partial charge in [0.25, 0.3) is 0 Å². The predicted octanol–water partition coefficient (Wildman–Crippen LogP) is 3.16. The van der Waals surface area contributed by atoms with Gasteiger partial charge in [-0.1, -0.05) is 6.92 Å². The summed E-state index contributed by atoms with van der Waals surface area (Å²) < 4.78 is 17.6. The second-order valence-corrected chi connectivity index (χ2v) is 3.07. The maximum Gasteiger partial charge on any atom is 0.409 e.